The zero-order valence-corrected chi connectivity index (χ0v) is 11.1. The van der Waals surface area contributed by atoms with Gasteiger partial charge in [-0.3, -0.25) is 4.79 Å². The second-order valence-corrected chi connectivity index (χ2v) is 4.52. The van der Waals surface area contributed by atoms with Crippen molar-refractivity contribution in [2.24, 2.45) is 5.41 Å². The second-order valence-electron chi connectivity index (χ2n) is 4.52. The van der Waals surface area contributed by atoms with Crippen molar-refractivity contribution in [3.63, 3.8) is 0 Å². The number of nitrogens with one attached hydrogen (secondary N) is 1. The molecule has 0 radical (unpaired) electrons. The highest BCUT2D eigenvalue weighted by Crippen LogP contribution is 2.50. The third-order valence-electron chi connectivity index (χ3n) is 3.04. The van der Waals surface area contributed by atoms with Crippen LogP contribution in [0.5, 0.6) is 0 Å². The molecule has 0 aliphatic rings. The van der Waals surface area contributed by atoms with Gasteiger partial charge in [0, 0.05) is 0 Å². The SMILES string of the molecule is CC(C(=O)Nc1c(F)c(F)c(F)c(F)c1F)(C(F)(F)F)C(F)(F)F. The van der Waals surface area contributed by atoms with E-state index < -0.39 is 65.4 Å². The van der Waals surface area contributed by atoms with Crippen LogP contribution in [0.25, 0.3) is 0 Å². The summed E-state index contributed by atoms with van der Waals surface area (Å²) in [6.07, 6.45) is -12.6. The van der Waals surface area contributed by atoms with Gasteiger partial charge in [0.15, 0.2) is 23.3 Å². The van der Waals surface area contributed by atoms with E-state index in [2.05, 4.69) is 0 Å². The van der Waals surface area contributed by atoms with E-state index in [-0.39, 0.29) is 0 Å². The van der Waals surface area contributed by atoms with Crippen LogP contribution >= 0.6 is 0 Å². The summed E-state index contributed by atoms with van der Waals surface area (Å²) in [7, 11) is 0. The monoisotopic (exact) mass is 375 g/mol. The van der Waals surface area contributed by atoms with Crippen LogP contribution in [0.4, 0.5) is 54.0 Å². The molecule has 0 bridgehead atoms. The lowest BCUT2D eigenvalue weighted by Gasteiger charge is -2.32. The van der Waals surface area contributed by atoms with Gasteiger partial charge in [-0.15, -0.1) is 0 Å². The van der Waals surface area contributed by atoms with E-state index in [1.165, 1.54) is 0 Å². The summed E-state index contributed by atoms with van der Waals surface area (Å²) in [5.74, 6) is -16.7. The van der Waals surface area contributed by atoms with E-state index in [1.54, 1.807) is 0 Å². The van der Waals surface area contributed by atoms with Gasteiger partial charge in [-0.2, -0.15) is 26.3 Å². The first-order valence-corrected chi connectivity index (χ1v) is 5.53. The largest absolute Gasteiger partial charge is 0.411 e. The van der Waals surface area contributed by atoms with Gasteiger partial charge in [0.1, 0.15) is 5.69 Å². The maximum atomic E-state index is 13.2. The molecule has 0 aromatic heterocycles. The molecule has 0 saturated carbocycles. The zero-order valence-electron chi connectivity index (χ0n) is 11.1. The Bertz CT molecular complexity index is 633. The van der Waals surface area contributed by atoms with Gasteiger partial charge in [0.2, 0.25) is 17.1 Å². The molecule has 0 spiro atoms. The molecule has 1 N–H and O–H groups in total. The number of amides is 1. The highest BCUT2D eigenvalue weighted by Gasteiger charge is 2.72. The summed E-state index contributed by atoms with van der Waals surface area (Å²) in [5.41, 5.74) is -7.50. The minimum Gasteiger partial charge on any atom is -0.320 e. The molecular formula is C11H4F11NO. The molecule has 0 atom stereocenters. The minimum atomic E-state index is -6.28. The van der Waals surface area contributed by atoms with Crippen LogP contribution < -0.4 is 5.32 Å². The Morgan fingerprint density at radius 1 is 0.708 bits per heavy atom. The normalized spacial score (nSPS) is 13.2. The number of carbonyl (C=O) groups is 1. The molecule has 0 heterocycles. The lowest BCUT2D eigenvalue weighted by molar-refractivity contribution is -0.317. The fourth-order valence-corrected chi connectivity index (χ4v) is 1.37. The number of halogens is 11. The lowest BCUT2D eigenvalue weighted by atomic mass is 9.87. The summed E-state index contributed by atoms with van der Waals surface area (Å²) >= 11 is 0. The van der Waals surface area contributed by atoms with E-state index in [9.17, 15) is 53.1 Å². The Morgan fingerprint density at radius 3 is 1.29 bits per heavy atom. The summed E-state index contributed by atoms with van der Waals surface area (Å²) < 4.78 is 141. The molecule has 1 aromatic carbocycles. The summed E-state index contributed by atoms with van der Waals surface area (Å²) in [6.45, 7) is -0.658. The van der Waals surface area contributed by atoms with Gasteiger partial charge in [-0.05, 0) is 6.92 Å². The van der Waals surface area contributed by atoms with E-state index in [4.69, 9.17) is 0 Å². The number of benzene rings is 1. The number of hydrogen-bond acceptors (Lipinski definition) is 1. The average Bonchev–Trinajstić information content (AvgIpc) is 2.44. The molecule has 1 rings (SSSR count). The first-order valence-electron chi connectivity index (χ1n) is 5.53. The predicted octanol–water partition coefficient (Wildman–Crippen LogP) is 4.45. The molecule has 13 heteroatoms. The van der Waals surface area contributed by atoms with Crippen LogP contribution in [-0.4, -0.2) is 18.3 Å². The molecule has 0 fully saturated rings. The topological polar surface area (TPSA) is 29.1 Å². The number of alkyl halides is 6. The molecule has 1 aromatic rings. The molecule has 0 saturated heterocycles. The smallest absolute Gasteiger partial charge is 0.320 e. The molecule has 1 amide bonds. The first kappa shape index (κ1) is 20.0. The molecule has 2 nitrogen and oxygen atoms in total. The highest BCUT2D eigenvalue weighted by molar-refractivity contribution is 5.96. The molecule has 0 unspecified atom stereocenters. The Morgan fingerprint density at radius 2 is 1.00 bits per heavy atom. The van der Waals surface area contributed by atoms with Crippen LogP contribution in [0, 0.1) is 34.5 Å². The molecule has 0 aliphatic heterocycles. The average molecular weight is 375 g/mol. The number of rotatable bonds is 2. The highest BCUT2D eigenvalue weighted by atomic mass is 19.4. The Balaban J connectivity index is 3.49. The van der Waals surface area contributed by atoms with Crippen molar-refractivity contribution in [1.29, 1.82) is 0 Å². The number of anilines is 1. The van der Waals surface area contributed by atoms with Gasteiger partial charge >= 0.3 is 12.4 Å². The van der Waals surface area contributed by atoms with Crippen molar-refractivity contribution in [1.82, 2.24) is 0 Å². The summed E-state index contributed by atoms with van der Waals surface area (Å²) in [6, 6.07) is 0. The van der Waals surface area contributed by atoms with Crippen LogP contribution in [0.3, 0.4) is 0 Å². The fourth-order valence-electron chi connectivity index (χ4n) is 1.37. The van der Waals surface area contributed by atoms with Crippen LogP contribution in [-0.2, 0) is 4.79 Å². The van der Waals surface area contributed by atoms with Gasteiger partial charge < -0.3 is 5.32 Å². The van der Waals surface area contributed by atoms with Crippen LogP contribution in [0.2, 0.25) is 0 Å². The summed E-state index contributed by atoms with van der Waals surface area (Å²) in [5, 5.41) is 0.465. The maximum Gasteiger partial charge on any atom is 0.411 e. The molecule has 24 heavy (non-hydrogen) atoms. The lowest BCUT2D eigenvalue weighted by Crippen LogP contribution is -2.55. The second kappa shape index (κ2) is 5.77. The van der Waals surface area contributed by atoms with Gasteiger partial charge in [-0.25, -0.2) is 22.0 Å². The van der Waals surface area contributed by atoms with Gasteiger partial charge in [0.05, 0.1) is 0 Å². The zero-order chi connectivity index (χ0) is 19.2. The van der Waals surface area contributed by atoms with E-state index >= 15 is 0 Å². The number of hydrogen-bond donors (Lipinski definition) is 1. The number of carbonyl (C=O) groups excluding carboxylic acids is 1. The van der Waals surface area contributed by atoms with Crippen molar-refractivity contribution in [3.05, 3.63) is 29.1 Å². The molecular weight excluding hydrogens is 371 g/mol. The minimum absolute atomic E-state index is 0.465. The quantitative estimate of drug-likeness (QED) is 0.462. The third-order valence-corrected chi connectivity index (χ3v) is 3.04. The van der Waals surface area contributed by atoms with Gasteiger partial charge in [0.25, 0.3) is 0 Å². The predicted molar refractivity (Wildman–Crippen MR) is 55.1 cm³/mol. The fraction of sp³-hybridized carbons (Fsp3) is 0.364. The van der Waals surface area contributed by atoms with Crippen molar-refractivity contribution in [3.8, 4) is 0 Å². The van der Waals surface area contributed by atoms with Crippen molar-refractivity contribution >= 4 is 11.6 Å². The van der Waals surface area contributed by atoms with Crippen molar-refractivity contribution in [2.45, 2.75) is 19.3 Å². The van der Waals surface area contributed by atoms with E-state index in [0.29, 0.717) is 5.32 Å². The van der Waals surface area contributed by atoms with E-state index in [1.807, 2.05) is 0 Å². The summed E-state index contributed by atoms with van der Waals surface area (Å²) in [4.78, 5) is 11.3. The van der Waals surface area contributed by atoms with Crippen LogP contribution in [0.1, 0.15) is 6.92 Å². The molecule has 136 valence electrons. The van der Waals surface area contributed by atoms with Crippen molar-refractivity contribution in [2.75, 3.05) is 5.32 Å². The first-order chi connectivity index (χ1) is 10.6. The Kier molecular flexibility index (Phi) is 4.80. The third kappa shape index (κ3) is 2.86. The maximum absolute atomic E-state index is 13.2. The molecule has 0 aliphatic carbocycles. The Labute approximate surface area is 125 Å². The standard InChI is InChI=1S/C11H4F11NO/c1-9(10(17,18)19,11(20,21)22)8(24)23-7-5(15)3(13)2(12)4(14)6(7)16/h1H3,(H,23,24). The Hall–Kier alpha value is -2.08. The van der Waals surface area contributed by atoms with Gasteiger partial charge in [-0.1, -0.05) is 0 Å². The van der Waals surface area contributed by atoms with Crippen molar-refractivity contribution < 1.29 is 53.1 Å². The van der Waals surface area contributed by atoms with E-state index in [0.717, 1.165) is 0 Å². The van der Waals surface area contributed by atoms with Crippen LogP contribution in [0.15, 0.2) is 0 Å².